The Hall–Kier alpha value is -3.13. The van der Waals surface area contributed by atoms with E-state index >= 15 is 0 Å². The summed E-state index contributed by atoms with van der Waals surface area (Å²) >= 11 is 6.13. The Labute approximate surface area is 154 Å². The molecule has 0 aliphatic heterocycles. The molecule has 0 unspecified atom stereocenters. The van der Waals surface area contributed by atoms with Crippen LogP contribution in [0, 0.1) is 6.92 Å². The minimum atomic E-state index is -1.10. The van der Waals surface area contributed by atoms with Crippen molar-refractivity contribution in [2.24, 2.45) is 0 Å². The molecule has 0 radical (unpaired) electrons. The summed E-state index contributed by atoms with van der Waals surface area (Å²) in [6.45, 7) is 2.40. The van der Waals surface area contributed by atoms with Crippen molar-refractivity contribution in [3.63, 3.8) is 0 Å². The van der Waals surface area contributed by atoms with Crippen LogP contribution in [-0.4, -0.2) is 36.5 Å². The molecular formula is C17H16ClN5O3. The maximum absolute atomic E-state index is 12.1. The van der Waals surface area contributed by atoms with Crippen molar-refractivity contribution in [2.45, 2.75) is 20.0 Å². The van der Waals surface area contributed by atoms with Crippen LogP contribution in [0.4, 0.5) is 5.82 Å². The molecule has 8 nitrogen and oxygen atoms in total. The topological polar surface area (TPSA) is 102 Å². The SMILES string of the molecule is Cc1ccc(Cn2cc(Cl)c(NC(=O)Cn3cc(C(=O)O)cn3)n2)cc1. The molecule has 1 aromatic carbocycles. The highest BCUT2D eigenvalue weighted by Crippen LogP contribution is 2.20. The lowest BCUT2D eigenvalue weighted by molar-refractivity contribution is -0.116. The summed E-state index contributed by atoms with van der Waals surface area (Å²) in [5, 5.41) is 19.9. The highest BCUT2D eigenvalue weighted by molar-refractivity contribution is 6.33. The Balaban J connectivity index is 1.63. The van der Waals surface area contributed by atoms with Crippen LogP contribution in [-0.2, 0) is 17.9 Å². The van der Waals surface area contributed by atoms with E-state index in [0.29, 0.717) is 11.6 Å². The number of rotatable bonds is 6. The summed E-state index contributed by atoms with van der Waals surface area (Å²) in [6.07, 6.45) is 4.09. The summed E-state index contributed by atoms with van der Waals surface area (Å²) in [5.41, 5.74) is 2.24. The average molecular weight is 374 g/mol. The number of carbonyl (C=O) groups excluding carboxylic acids is 1. The number of carbonyl (C=O) groups is 2. The number of amides is 1. The number of aryl methyl sites for hydroxylation is 1. The molecule has 2 aromatic heterocycles. The van der Waals surface area contributed by atoms with Crippen molar-refractivity contribution < 1.29 is 14.7 Å². The van der Waals surface area contributed by atoms with Gasteiger partial charge in [0.05, 0.1) is 18.3 Å². The van der Waals surface area contributed by atoms with Crippen LogP contribution in [0.1, 0.15) is 21.5 Å². The number of benzene rings is 1. The smallest absolute Gasteiger partial charge is 0.338 e. The molecule has 0 atom stereocenters. The second-order valence-corrected chi connectivity index (χ2v) is 6.20. The minimum absolute atomic E-state index is 0.0122. The van der Waals surface area contributed by atoms with Crippen molar-refractivity contribution in [1.29, 1.82) is 0 Å². The third-order valence-electron chi connectivity index (χ3n) is 3.63. The highest BCUT2D eigenvalue weighted by atomic mass is 35.5. The molecule has 0 fully saturated rings. The first-order valence-corrected chi connectivity index (χ1v) is 8.12. The number of hydrogen-bond acceptors (Lipinski definition) is 4. The maximum atomic E-state index is 12.1. The Morgan fingerprint density at radius 2 is 1.92 bits per heavy atom. The minimum Gasteiger partial charge on any atom is -0.478 e. The van der Waals surface area contributed by atoms with Crippen molar-refractivity contribution >= 4 is 29.3 Å². The number of aromatic carboxylic acids is 1. The molecule has 134 valence electrons. The van der Waals surface area contributed by atoms with Crippen LogP contribution in [0.2, 0.25) is 5.02 Å². The summed E-state index contributed by atoms with van der Waals surface area (Å²) in [5.74, 6) is -1.27. The number of aromatic nitrogens is 4. The Morgan fingerprint density at radius 1 is 1.19 bits per heavy atom. The lowest BCUT2D eigenvalue weighted by atomic mass is 10.1. The van der Waals surface area contributed by atoms with Crippen LogP contribution >= 0.6 is 11.6 Å². The van der Waals surface area contributed by atoms with Crippen molar-refractivity contribution in [3.05, 3.63) is 64.6 Å². The number of nitrogens with zero attached hydrogens (tertiary/aromatic N) is 4. The molecule has 0 spiro atoms. The van der Waals surface area contributed by atoms with Gasteiger partial charge in [0.15, 0.2) is 5.82 Å². The van der Waals surface area contributed by atoms with E-state index in [9.17, 15) is 9.59 Å². The van der Waals surface area contributed by atoms with Crippen LogP contribution in [0.15, 0.2) is 42.9 Å². The third-order valence-corrected chi connectivity index (χ3v) is 3.90. The van der Waals surface area contributed by atoms with Gasteiger partial charge in [-0.3, -0.25) is 14.2 Å². The predicted octanol–water partition coefficient (Wildman–Crippen LogP) is 2.43. The van der Waals surface area contributed by atoms with Crippen molar-refractivity contribution in [3.8, 4) is 0 Å². The molecule has 1 amide bonds. The van der Waals surface area contributed by atoms with E-state index in [1.807, 2.05) is 31.2 Å². The van der Waals surface area contributed by atoms with E-state index in [4.69, 9.17) is 16.7 Å². The van der Waals surface area contributed by atoms with E-state index in [0.717, 1.165) is 5.56 Å². The lowest BCUT2D eigenvalue weighted by Gasteiger charge is -2.04. The number of hydrogen-bond donors (Lipinski definition) is 2. The average Bonchev–Trinajstić information content (AvgIpc) is 3.17. The molecule has 0 aliphatic carbocycles. The number of halogens is 1. The van der Waals surface area contributed by atoms with Crippen LogP contribution in [0.25, 0.3) is 0 Å². The van der Waals surface area contributed by atoms with Gasteiger partial charge in [-0.25, -0.2) is 4.79 Å². The van der Waals surface area contributed by atoms with Gasteiger partial charge in [-0.05, 0) is 12.5 Å². The first-order valence-electron chi connectivity index (χ1n) is 7.75. The molecule has 2 N–H and O–H groups in total. The van der Waals surface area contributed by atoms with E-state index in [1.165, 1.54) is 22.6 Å². The highest BCUT2D eigenvalue weighted by Gasteiger charge is 2.13. The summed E-state index contributed by atoms with van der Waals surface area (Å²) < 4.78 is 2.87. The van der Waals surface area contributed by atoms with Gasteiger partial charge in [0.2, 0.25) is 5.91 Å². The largest absolute Gasteiger partial charge is 0.478 e. The molecule has 0 aliphatic rings. The second kappa shape index (κ2) is 7.40. The Morgan fingerprint density at radius 3 is 2.58 bits per heavy atom. The van der Waals surface area contributed by atoms with Gasteiger partial charge in [0.25, 0.3) is 0 Å². The molecule has 0 saturated heterocycles. The van der Waals surface area contributed by atoms with Gasteiger partial charge < -0.3 is 10.4 Å². The molecule has 0 bridgehead atoms. The summed E-state index contributed by atoms with van der Waals surface area (Å²) in [4.78, 5) is 22.9. The number of carboxylic acids is 1. The first-order chi connectivity index (χ1) is 12.4. The summed E-state index contributed by atoms with van der Waals surface area (Å²) in [7, 11) is 0. The zero-order valence-corrected chi connectivity index (χ0v) is 14.6. The van der Waals surface area contributed by atoms with Gasteiger partial charge in [-0.2, -0.15) is 10.2 Å². The molecular weight excluding hydrogens is 358 g/mol. The fourth-order valence-corrected chi connectivity index (χ4v) is 2.52. The van der Waals surface area contributed by atoms with Crippen molar-refractivity contribution in [1.82, 2.24) is 19.6 Å². The standard InChI is InChI=1S/C17H16ClN5O3/c1-11-2-4-12(5-3-11)7-23-9-14(18)16(21-23)20-15(24)10-22-8-13(6-19-22)17(25)26/h2-6,8-9H,7,10H2,1H3,(H,25,26)(H,20,21,24). The van der Waals surface area contributed by atoms with E-state index < -0.39 is 11.9 Å². The quantitative estimate of drug-likeness (QED) is 0.690. The monoisotopic (exact) mass is 373 g/mol. The first kappa shape index (κ1) is 17.7. The van der Waals surface area contributed by atoms with Crippen LogP contribution < -0.4 is 5.32 Å². The number of carboxylic acid groups (broad SMARTS) is 1. The number of anilines is 1. The number of nitrogens with one attached hydrogen (secondary N) is 1. The van der Waals surface area contributed by atoms with Gasteiger partial charge in [0, 0.05) is 12.4 Å². The van der Waals surface area contributed by atoms with Crippen LogP contribution in [0.5, 0.6) is 0 Å². The van der Waals surface area contributed by atoms with Gasteiger partial charge in [-0.15, -0.1) is 0 Å². The predicted molar refractivity (Wildman–Crippen MR) is 95.3 cm³/mol. The van der Waals surface area contributed by atoms with Gasteiger partial charge in [0.1, 0.15) is 11.6 Å². The maximum Gasteiger partial charge on any atom is 0.338 e. The zero-order chi connectivity index (χ0) is 18.7. The lowest BCUT2D eigenvalue weighted by Crippen LogP contribution is -2.19. The Kier molecular flexibility index (Phi) is 5.04. The van der Waals surface area contributed by atoms with Gasteiger partial charge in [-0.1, -0.05) is 41.4 Å². The third kappa shape index (κ3) is 4.28. The second-order valence-electron chi connectivity index (χ2n) is 5.79. The summed E-state index contributed by atoms with van der Waals surface area (Å²) in [6, 6.07) is 8.03. The molecule has 0 saturated carbocycles. The van der Waals surface area contributed by atoms with E-state index in [-0.39, 0.29) is 17.9 Å². The molecule has 3 rings (SSSR count). The zero-order valence-electron chi connectivity index (χ0n) is 13.9. The van der Waals surface area contributed by atoms with Crippen molar-refractivity contribution in [2.75, 3.05) is 5.32 Å². The van der Waals surface area contributed by atoms with E-state index in [1.54, 1.807) is 10.9 Å². The normalized spacial score (nSPS) is 10.7. The van der Waals surface area contributed by atoms with Crippen LogP contribution in [0.3, 0.4) is 0 Å². The molecule has 2 heterocycles. The van der Waals surface area contributed by atoms with E-state index in [2.05, 4.69) is 15.5 Å². The fraction of sp³-hybridized carbons (Fsp3) is 0.176. The molecule has 9 heteroatoms. The fourth-order valence-electron chi connectivity index (χ4n) is 2.32. The molecule has 3 aromatic rings. The van der Waals surface area contributed by atoms with Gasteiger partial charge >= 0.3 is 5.97 Å². The molecule has 26 heavy (non-hydrogen) atoms. The Bertz CT molecular complexity index is 946.